The highest BCUT2D eigenvalue weighted by Crippen LogP contribution is 2.23. The van der Waals surface area contributed by atoms with Crippen LogP contribution < -0.4 is 4.90 Å². The lowest BCUT2D eigenvalue weighted by atomic mass is 10.2. The van der Waals surface area contributed by atoms with Crippen LogP contribution in [0.2, 0.25) is 5.28 Å². The van der Waals surface area contributed by atoms with E-state index in [1.54, 1.807) is 0 Å². The molecular formula is C13H13ClF2N4. The molecule has 0 atom stereocenters. The van der Waals surface area contributed by atoms with Gasteiger partial charge in [-0.1, -0.05) is 0 Å². The fraction of sp³-hybridized carbons (Fsp3) is 0.308. The molecule has 0 radical (unpaired) electrons. The number of rotatable bonds is 4. The van der Waals surface area contributed by atoms with Crippen LogP contribution in [0.25, 0.3) is 11.4 Å². The van der Waals surface area contributed by atoms with Gasteiger partial charge in [-0.25, -0.2) is 8.78 Å². The van der Waals surface area contributed by atoms with Gasteiger partial charge in [-0.05, 0) is 43.6 Å². The highest BCUT2D eigenvalue weighted by molar-refractivity contribution is 6.28. The Morgan fingerprint density at radius 3 is 2.45 bits per heavy atom. The lowest BCUT2D eigenvalue weighted by molar-refractivity contribution is 0.602. The Bertz CT molecular complexity index is 617. The maximum Gasteiger partial charge on any atom is 0.230 e. The van der Waals surface area contributed by atoms with Crippen molar-refractivity contribution >= 4 is 17.5 Å². The molecule has 0 saturated heterocycles. The lowest BCUT2D eigenvalue weighted by Crippen LogP contribution is -2.24. The normalized spacial score (nSPS) is 10.7. The summed E-state index contributed by atoms with van der Waals surface area (Å²) >= 11 is 5.84. The summed E-state index contributed by atoms with van der Waals surface area (Å²) in [5.41, 5.74) is -0.0392. The number of benzene rings is 1. The Morgan fingerprint density at radius 1 is 1.10 bits per heavy atom. The van der Waals surface area contributed by atoms with Gasteiger partial charge in [0, 0.05) is 13.1 Å². The molecule has 0 amide bonds. The van der Waals surface area contributed by atoms with Crippen LogP contribution in [0, 0.1) is 11.6 Å². The molecule has 106 valence electrons. The number of nitrogens with zero attached hydrogens (tertiary/aromatic N) is 4. The van der Waals surface area contributed by atoms with Crippen LogP contribution >= 0.6 is 11.6 Å². The van der Waals surface area contributed by atoms with Crippen molar-refractivity contribution in [2.45, 2.75) is 13.8 Å². The van der Waals surface area contributed by atoms with Gasteiger partial charge in [-0.3, -0.25) is 0 Å². The van der Waals surface area contributed by atoms with E-state index in [2.05, 4.69) is 15.0 Å². The zero-order valence-electron chi connectivity index (χ0n) is 11.1. The van der Waals surface area contributed by atoms with E-state index in [-0.39, 0.29) is 16.7 Å². The van der Waals surface area contributed by atoms with Crippen molar-refractivity contribution in [2.75, 3.05) is 18.0 Å². The minimum absolute atomic E-state index is 0.0175. The molecule has 4 nitrogen and oxygen atoms in total. The van der Waals surface area contributed by atoms with Crippen LogP contribution in [-0.4, -0.2) is 28.0 Å². The third-order valence-electron chi connectivity index (χ3n) is 2.81. The summed E-state index contributed by atoms with van der Waals surface area (Å²) in [7, 11) is 0. The number of halogens is 3. The minimum atomic E-state index is -0.612. The first kappa shape index (κ1) is 14.6. The zero-order valence-corrected chi connectivity index (χ0v) is 11.8. The molecule has 0 aliphatic heterocycles. The number of anilines is 1. The Labute approximate surface area is 120 Å². The van der Waals surface area contributed by atoms with Crippen LogP contribution in [0.5, 0.6) is 0 Å². The van der Waals surface area contributed by atoms with Gasteiger partial charge < -0.3 is 4.90 Å². The first-order valence-electron chi connectivity index (χ1n) is 6.17. The van der Waals surface area contributed by atoms with E-state index in [1.165, 1.54) is 0 Å². The molecule has 0 saturated carbocycles. The van der Waals surface area contributed by atoms with Crippen molar-refractivity contribution in [3.05, 3.63) is 35.1 Å². The molecule has 0 aliphatic rings. The maximum absolute atomic E-state index is 13.8. The summed E-state index contributed by atoms with van der Waals surface area (Å²) in [5.74, 6) is -0.820. The van der Waals surface area contributed by atoms with Gasteiger partial charge >= 0.3 is 0 Å². The molecule has 1 aromatic carbocycles. The predicted molar refractivity (Wildman–Crippen MR) is 73.8 cm³/mol. The molecule has 0 bridgehead atoms. The molecule has 1 heterocycles. The van der Waals surface area contributed by atoms with Crippen LogP contribution in [0.1, 0.15) is 13.8 Å². The van der Waals surface area contributed by atoms with Gasteiger partial charge in [0.1, 0.15) is 11.6 Å². The monoisotopic (exact) mass is 298 g/mol. The highest BCUT2D eigenvalue weighted by atomic mass is 35.5. The van der Waals surface area contributed by atoms with E-state index in [9.17, 15) is 8.78 Å². The molecule has 0 unspecified atom stereocenters. The third-order valence-corrected chi connectivity index (χ3v) is 2.98. The topological polar surface area (TPSA) is 41.9 Å². The van der Waals surface area contributed by atoms with Gasteiger partial charge in [-0.2, -0.15) is 15.0 Å². The van der Waals surface area contributed by atoms with Crippen molar-refractivity contribution in [3.8, 4) is 11.4 Å². The Kier molecular flexibility index (Phi) is 4.44. The van der Waals surface area contributed by atoms with E-state index in [0.717, 1.165) is 18.2 Å². The molecule has 0 aliphatic carbocycles. The van der Waals surface area contributed by atoms with Crippen molar-refractivity contribution < 1.29 is 8.78 Å². The molecule has 0 fully saturated rings. The quantitative estimate of drug-likeness (QED) is 0.868. The standard InChI is InChI=1S/C13H13ClF2N4/c1-3-20(4-2)13-18-11(17-12(14)19-13)9-7-8(15)5-6-10(9)16/h5-7H,3-4H2,1-2H3. The van der Waals surface area contributed by atoms with Gasteiger partial charge in [-0.15, -0.1) is 0 Å². The van der Waals surface area contributed by atoms with E-state index in [4.69, 9.17) is 11.6 Å². The summed E-state index contributed by atoms with van der Waals surface area (Å²) in [6, 6.07) is 3.10. The first-order chi connectivity index (χ1) is 9.55. The zero-order chi connectivity index (χ0) is 14.7. The second-order valence-electron chi connectivity index (χ2n) is 4.02. The van der Waals surface area contributed by atoms with E-state index in [1.807, 2.05) is 18.7 Å². The van der Waals surface area contributed by atoms with Crippen molar-refractivity contribution in [1.29, 1.82) is 0 Å². The number of hydrogen-bond donors (Lipinski definition) is 0. The molecule has 0 spiro atoms. The average Bonchev–Trinajstić information content (AvgIpc) is 2.42. The molecule has 2 rings (SSSR count). The molecular weight excluding hydrogens is 286 g/mol. The van der Waals surface area contributed by atoms with Crippen molar-refractivity contribution in [2.24, 2.45) is 0 Å². The molecule has 20 heavy (non-hydrogen) atoms. The SMILES string of the molecule is CCN(CC)c1nc(Cl)nc(-c2cc(F)ccc2F)n1. The fourth-order valence-corrected chi connectivity index (χ4v) is 1.93. The van der Waals surface area contributed by atoms with Gasteiger partial charge in [0.05, 0.1) is 5.56 Å². The number of aromatic nitrogens is 3. The van der Waals surface area contributed by atoms with E-state index >= 15 is 0 Å². The average molecular weight is 299 g/mol. The fourth-order valence-electron chi connectivity index (χ4n) is 1.78. The Morgan fingerprint density at radius 2 is 1.80 bits per heavy atom. The Hall–Kier alpha value is -1.82. The van der Waals surface area contributed by atoms with E-state index in [0.29, 0.717) is 19.0 Å². The number of hydrogen-bond acceptors (Lipinski definition) is 4. The summed E-state index contributed by atoms with van der Waals surface area (Å²) in [4.78, 5) is 13.9. The van der Waals surface area contributed by atoms with Gasteiger partial charge in [0.25, 0.3) is 0 Å². The van der Waals surface area contributed by atoms with Crippen LogP contribution in [0.4, 0.5) is 14.7 Å². The minimum Gasteiger partial charge on any atom is -0.341 e. The summed E-state index contributed by atoms with van der Waals surface area (Å²) in [6.07, 6.45) is 0. The maximum atomic E-state index is 13.8. The molecule has 1 aromatic heterocycles. The smallest absolute Gasteiger partial charge is 0.230 e. The second-order valence-corrected chi connectivity index (χ2v) is 4.36. The molecule has 2 aromatic rings. The highest BCUT2D eigenvalue weighted by Gasteiger charge is 2.15. The predicted octanol–water partition coefficient (Wildman–Crippen LogP) is 3.32. The van der Waals surface area contributed by atoms with Crippen LogP contribution in [-0.2, 0) is 0 Å². The first-order valence-corrected chi connectivity index (χ1v) is 6.54. The summed E-state index contributed by atoms with van der Waals surface area (Å²) in [5, 5.41) is -0.0550. The largest absolute Gasteiger partial charge is 0.341 e. The van der Waals surface area contributed by atoms with Crippen molar-refractivity contribution in [3.63, 3.8) is 0 Å². The summed E-state index contributed by atoms with van der Waals surface area (Å²) in [6.45, 7) is 5.21. The summed E-state index contributed by atoms with van der Waals surface area (Å²) < 4.78 is 27.0. The van der Waals surface area contributed by atoms with Gasteiger partial charge in [0.2, 0.25) is 11.2 Å². The van der Waals surface area contributed by atoms with Crippen LogP contribution in [0.15, 0.2) is 18.2 Å². The molecule has 7 heteroatoms. The van der Waals surface area contributed by atoms with Gasteiger partial charge in [0.15, 0.2) is 5.82 Å². The molecule has 0 N–H and O–H groups in total. The van der Waals surface area contributed by atoms with Crippen molar-refractivity contribution in [1.82, 2.24) is 15.0 Å². The van der Waals surface area contributed by atoms with Crippen LogP contribution in [0.3, 0.4) is 0 Å². The van der Waals surface area contributed by atoms with E-state index < -0.39 is 11.6 Å². The Balaban J connectivity index is 2.54. The second kappa shape index (κ2) is 6.09. The lowest BCUT2D eigenvalue weighted by Gasteiger charge is -2.18. The third kappa shape index (κ3) is 3.01.